The molecule has 0 radical (unpaired) electrons. The van der Waals surface area contributed by atoms with E-state index in [0.717, 1.165) is 26.2 Å². The molecule has 0 saturated carbocycles. The molecule has 0 aromatic carbocycles. The molecule has 0 aromatic rings. The van der Waals surface area contributed by atoms with E-state index in [0.29, 0.717) is 6.61 Å². The maximum atomic E-state index is 9.00. The molecule has 2 N–H and O–H groups in total. The molecular formula is C12H24O3. The van der Waals surface area contributed by atoms with Gasteiger partial charge < -0.3 is 10.2 Å². The predicted octanol–water partition coefficient (Wildman–Crippen LogP) is 2.99. The van der Waals surface area contributed by atoms with Gasteiger partial charge in [-0.25, -0.2) is 0 Å². The number of carboxylic acids is 1. The van der Waals surface area contributed by atoms with Gasteiger partial charge in [-0.05, 0) is 25.7 Å². The summed E-state index contributed by atoms with van der Waals surface area (Å²) in [5.41, 5.74) is 0. The molecule has 0 spiro atoms. The zero-order valence-corrected chi connectivity index (χ0v) is 9.91. The summed E-state index contributed by atoms with van der Waals surface area (Å²) in [5, 5.41) is 15.9. The Kier molecular flexibility index (Phi) is 17.3. The summed E-state index contributed by atoms with van der Waals surface area (Å²) < 4.78 is 0. The van der Waals surface area contributed by atoms with Crippen molar-refractivity contribution < 1.29 is 15.0 Å². The van der Waals surface area contributed by atoms with Crippen molar-refractivity contribution in [3.8, 4) is 0 Å². The zero-order chi connectivity index (χ0) is 11.9. The van der Waals surface area contributed by atoms with Crippen molar-refractivity contribution in [2.45, 2.75) is 52.4 Å². The van der Waals surface area contributed by atoms with Crippen LogP contribution in [0.1, 0.15) is 52.4 Å². The number of aliphatic hydroxyl groups is 1. The minimum absolute atomic E-state index is 0.336. The Bertz CT molecular complexity index is 149. The van der Waals surface area contributed by atoms with E-state index in [9.17, 15) is 0 Å². The number of rotatable bonds is 7. The van der Waals surface area contributed by atoms with E-state index in [2.05, 4.69) is 19.1 Å². The zero-order valence-electron chi connectivity index (χ0n) is 9.91. The minimum Gasteiger partial charge on any atom is -0.481 e. The van der Waals surface area contributed by atoms with E-state index in [1.165, 1.54) is 19.3 Å². The van der Waals surface area contributed by atoms with Crippen molar-refractivity contribution in [3.05, 3.63) is 12.2 Å². The molecule has 0 atom stereocenters. The molecule has 0 bridgehead atoms. The number of carbonyl (C=O) groups is 1. The molecule has 0 aliphatic rings. The van der Waals surface area contributed by atoms with E-state index >= 15 is 0 Å². The molecule has 0 unspecified atom stereocenters. The number of allylic oxidation sites excluding steroid dienone is 2. The first kappa shape index (κ1) is 16.6. The van der Waals surface area contributed by atoms with Gasteiger partial charge in [-0.1, -0.05) is 31.9 Å². The highest BCUT2D eigenvalue weighted by molar-refractivity contribution is 5.62. The third-order valence-electron chi connectivity index (χ3n) is 1.67. The van der Waals surface area contributed by atoms with Crippen LogP contribution in [0.5, 0.6) is 0 Å². The summed E-state index contributed by atoms with van der Waals surface area (Å²) in [6.45, 7) is 3.63. The second-order valence-electron chi connectivity index (χ2n) is 3.35. The summed E-state index contributed by atoms with van der Waals surface area (Å²) in [6.07, 6.45) is 11.5. The van der Waals surface area contributed by atoms with E-state index in [-0.39, 0.29) is 0 Å². The van der Waals surface area contributed by atoms with Gasteiger partial charge in [0.1, 0.15) is 0 Å². The maximum absolute atomic E-state index is 9.00. The van der Waals surface area contributed by atoms with Gasteiger partial charge in [-0.15, -0.1) is 0 Å². The first-order valence-electron chi connectivity index (χ1n) is 5.60. The third kappa shape index (κ3) is 32.0. The average Bonchev–Trinajstić information content (AvgIpc) is 2.16. The second kappa shape index (κ2) is 15.6. The van der Waals surface area contributed by atoms with Gasteiger partial charge in [-0.3, -0.25) is 4.79 Å². The lowest BCUT2D eigenvalue weighted by molar-refractivity contribution is -0.134. The highest BCUT2D eigenvalue weighted by Gasteiger charge is 1.82. The molecule has 0 heterocycles. The number of aliphatic hydroxyl groups excluding tert-OH is 1. The van der Waals surface area contributed by atoms with E-state index in [1.54, 1.807) is 0 Å². The first-order chi connectivity index (χ1) is 7.15. The number of hydrogen-bond donors (Lipinski definition) is 2. The average molecular weight is 216 g/mol. The Labute approximate surface area is 92.8 Å². The van der Waals surface area contributed by atoms with Crippen molar-refractivity contribution in [2.75, 3.05) is 6.61 Å². The normalized spacial score (nSPS) is 9.80. The van der Waals surface area contributed by atoms with Crippen molar-refractivity contribution in [1.29, 1.82) is 0 Å². The Morgan fingerprint density at radius 3 is 2.00 bits per heavy atom. The van der Waals surface area contributed by atoms with Crippen LogP contribution >= 0.6 is 0 Å². The Balaban J connectivity index is 0. The second-order valence-corrected chi connectivity index (χ2v) is 3.35. The SMILES string of the molecule is CC(=O)O.CCCCC=CCCCCO. The van der Waals surface area contributed by atoms with Crippen LogP contribution < -0.4 is 0 Å². The molecular weight excluding hydrogens is 192 g/mol. The highest BCUT2D eigenvalue weighted by Crippen LogP contribution is 1.99. The Morgan fingerprint density at radius 1 is 1.13 bits per heavy atom. The lowest BCUT2D eigenvalue weighted by atomic mass is 10.2. The standard InChI is InChI=1S/C10H20O.C2H4O2/c1-2-3-4-5-6-7-8-9-10-11;1-2(3)4/h5-6,11H,2-4,7-10H2,1H3;1H3,(H,3,4). The fourth-order valence-corrected chi connectivity index (χ4v) is 0.932. The molecule has 90 valence electrons. The van der Waals surface area contributed by atoms with Crippen molar-refractivity contribution in [1.82, 2.24) is 0 Å². The van der Waals surface area contributed by atoms with Crippen molar-refractivity contribution in [2.24, 2.45) is 0 Å². The van der Waals surface area contributed by atoms with Gasteiger partial charge in [0, 0.05) is 13.5 Å². The molecule has 0 amide bonds. The smallest absolute Gasteiger partial charge is 0.300 e. The van der Waals surface area contributed by atoms with Gasteiger partial charge in [0.2, 0.25) is 0 Å². The third-order valence-corrected chi connectivity index (χ3v) is 1.67. The molecule has 0 saturated heterocycles. The van der Waals surface area contributed by atoms with Crippen LogP contribution in [0.4, 0.5) is 0 Å². The first-order valence-corrected chi connectivity index (χ1v) is 5.60. The van der Waals surface area contributed by atoms with Crippen LogP contribution in [0.15, 0.2) is 12.2 Å². The van der Waals surface area contributed by atoms with Crippen molar-refractivity contribution in [3.63, 3.8) is 0 Å². The Morgan fingerprint density at radius 2 is 1.60 bits per heavy atom. The number of unbranched alkanes of at least 4 members (excludes halogenated alkanes) is 4. The summed E-state index contributed by atoms with van der Waals surface area (Å²) in [6, 6.07) is 0. The molecule has 0 rings (SSSR count). The number of hydrogen-bond acceptors (Lipinski definition) is 2. The quantitative estimate of drug-likeness (QED) is 0.508. The van der Waals surface area contributed by atoms with Gasteiger partial charge in [-0.2, -0.15) is 0 Å². The molecule has 0 aliphatic heterocycles. The highest BCUT2D eigenvalue weighted by atomic mass is 16.4. The summed E-state index contributed by atoms with van der Waals surface area (Å²) in [7, 11) is 0. The van der Waals surface area contributed by atoms with Crippen LogP contribution in [0.25, 0.3) is 0 Å². The van der Waals surface area contributed by atoms with Crippen LogP contribution in [-0.2, 0) is 4.79 Å². The molecule has 3 heteroatoms. The lowest BCUT2D eigenvalue weighted by Crippen LogP contribution is -1.80. The minimum atomic E-state index is -0.833. The maximum Gasteiger partial charge on any atom is 0.300 e. The lowest BCUT2D eigenvalue weighted by Gasteiger charge is -1.91. The summed E-state index contributed by atoms with van der Waals surface area (Å²) >= 11 is 0. The predicted molar refractivity (Wildman–Crippen MR) is 62.9 cm³/mol. The fraction of sp³-hybridized carbons (Fsp3) is 0.750. The molecule has 3 nitrogen and oxygen atoms in total. The van der Waals surface area contributed by atoms with Gasteiger partial charge in [0.05, 0.1) is 0 Å². The van der Waals surface area contributed by atoms with Gasteiger partial charge >= 0.3 is 0 Å². The van der Waals surface area contributed by atoms with E-state index in [1.807, 2.05) is 0 Å². The van der Waals surface area contributed by atoms with Crippen molar-refractivity contribution >= 4 is 5.97 Å². The van der Waals surface area contributed by atoms with Crippen LogP contribution in [-0.4, -0.2) is 22.8 Å². The summed E-state index contributed by atoms with van der Waals surface area (Å²) in [4.78, 5) is 9.00. The monoisotopic (exact) mass is 216 g/mol. The molecule has 0 fully saturated rings. The molecule has 15 heavy (non-hydrogen) atoms. The Hall–Kier alpha value is -0.830. The molecule has 0 aliphatic carbocycles. The largest absolute Gasteiger partial charge is 0.481 e. The van der Waals surface area contributed by atoms with Crippen LogP contribution in [0, 0.1) is 0 Å². The summed E-state index contributed by atoms with van der Waals surface area (Å²) in [5.74, 6) is -0.833. The fourth-order valence-electron chi connectivity index (χ4n) is 0.932. The number of carboxylic acid groups (broad SMARTS) is 1. The van der Waals surface area contributed by atoms with E-state index in [4.69, 9.17) is 15.0 Å². The number of aliphatic carboxylic acids is 1. The molecule has 0 aromatic heterocycles. The van der Waals surface area contributed by atoms with Crippen LogP contribution in [0.3, 0.4) is 0 Å². The van der Waals surface area contributed by atoms with Gasteiger partial charge in [0.25, 0.3) is 5.97 Å². The van der Waals surface area contributed by atoms with Crippen LogP contribution in [0.2, 0.25) is 0 Å². The van der Waals surface area contributed by atoms with Gasteiger partial charge in [0.15, 0.2) is 0 Å². The van der Waals surface area contributed by atoms with E-state index < -0.39 is 5.97 Å². The topological polar surface area (TPSA) is 57.5 Å².